The van der Waals surface area contributed by atoms with E-state index in [0.29, 0.717) is 39.5 Å². The van der Waals surface area contributed by atoms with E-state index in [2.05, 4.69) is 26.6 Å². The number of para-hydroxylation sites is 1. The van der Waals surface area contributed by atoms with Crippen molar-refractivity contribution < 1.29 is 19.1 Å². The average Bonchev–Trinajstić information content (AvgIpc) is 2.86. The first-order valence-corrected chi connectivity index (χ1v) is 12.5. The molecule has 0 saturated heterocycles. The minimum Gasteiger partial charge on any atom is -0.490 e. The number of hydrogen-bond acceptors (Lipinski definition) is 5. The Labute approximate surface area is 225 Å². The van der Waals surface area contributed by atoms with Gasteiger partial charge in [0.1, 0.15) is 11.6 Å². The first kappa shape index (κ1) is 27.5. The van der Waals surface area contributed by atoms with Crippen molar-refractivity contribution in [2.45, 2.75) is 27.7 Å². The molecule has 0 aliphatic rings. The first-order chi connectivity index (χ1) is 17.7. The highest BCUT2D eigenvalue weighted by molar-refractivity contribution is 9.10. The third-order valence-corrected chi connectivity index (χ3v) is 6.22. The maximum Gasteiger partial charge on any atom is 0.266 e. The van der Waals surface area contributed by atoms with E-state index < -0.39 is 5.91 Å². The highest BCUT2D eigenvalue weighted by Crippen LogP contribution is 2.37. The largest absolute Gasteiger partial charge is 0.490 e. The fourth-order valence-electron chi connectivity index (χ4n) is 3.50. The number of nitriles is 1. The SMILES string of the molecule is CCOc1cc(/C=C(/C#N)C(=O)Nc2cccc(C)c2C)cc(Br)c1OCC(=O)Nc1ccccc1C. The van der Waals surface area contributed by atoms with Gasteiger partial charge in [0.25, 0.3) is 11.8 Å². The zero-order valence-electron chi connectivity index (χ0n) is 21.1. The zero-order chi connectivity index (χ0) is 26.9. The normalized spacial score (nSPS) is 10.9. The number of benzene rings is 3. The smallest absolute Gasteiger partial charge is 0.266 e. The fraction of sp³-hybridized carbons (Fsp3) is 0.207. The number of halogens is 1. The van der Waals surface area contributed by atoms with Crippen LogP contribution in [-0.2, 0) is 9.59 Å². The van der Waals surface area contributed by atoms with Crippen LogP contribution in [0.25, 0.3) is 6.08 Å². The zero-order valence-corrected chi connectivity index (χ0v) is 22.7. The Morgan fingerprint density at radius 1 is 0.973 bits per heavy atom. The standard InChI is InChI=1S/C29H28BrN3O4/c1-5-36-26-15-21(13-22(16-31)29(35)33-25-12-8-10-18(2)20(25)4)14-23(30)28(26)37-17-27(34)32-24-11-7-6-9-19(24)3/h6-15H,5,17H2,1-4H3,(H,32,34)(H,33,35)/b22-13-. The van der Waals surface area contributed by atoms with E-state index in [1.807, 2.05) is 70.2 Å². The Balaban J connectivity index is 1.80. The van der Waals surface area contributed by atoms with Gasteiger partial charge in [-0.25, -0.2) is 0 Å². The number of carbonyl (C=O) groups is 2. The number of aryl methyl sites for hydroxylation is 2. The topological polar surface area (TPSA) is 100 Å². The summed E-state index contributed by atoms with van der Waals surface area (Å²) in [6, 6.07) is 18.4. The van der Waals surface area contributed by atoms with Crippen molar-refractivity contribution in [1.29, 1.82) is 5.26 Å². The number of amides is 2. The van der Waals surface area contributed by atoms with Crippen LogP contribution in [0.4, 0.5) is 11.4 Å². The second kappa shape index (κ2) is 12.7. The average molecular weight is 562 g/mol. The molecule has 0 unspecified atom stereocenters. The quantitative estimate of drug-likeness (QED) is 0.234. The van der Waals surface area contributed by atoms with Crippen molar-refractivity contribution in [3.63, 3.8) is 0 Å². The number of ether oxygens (including phenoxy) is 2. The Bertz CT molecular complexity index is 1390. The van der Waals surface area contributed by atoms with Crippen LogP contribution in [-0.4, -0.2) is 25.0 Å². The summed E-state index contributed by atoms with van der Waals surface area (Å²) in [4.78, 5) is 25.3. The molecule has 190 valence electrons. The molecule has 0 saturated carbocycles. The molecule has 3 aromatic carbocycles. The van der Waals surface area contributed by atoms with E-state index in [0.717, 1.165) is 16.7 Å². The molecule has 37 heavy (non-hydrogen) atoms. The number of carbonyl (C=O) groups excluding carboxylic acids is 2. The fourth-order valence-corrected chi connectivity index (χ4v) is 4.08. The van der Waals surface area contributed by atoms with Crippen molar-refractivity contribution in [1.82, 2.24) is 0 Å². The van der Waals surface area contributed by atoms with Gasteiger partial charge in [0.15, 0.2) is 18.1 Å². The molecule has 2 N–H and O–H groups in total. The van der Waals surface area contributed by atoms with Gasteiger partial charge in [-0.15, -0.1) is 0 Å². The van der Waals surface area contributed by atoms with Crippen molar-refractivity contribution >= 4 is 45.2 Å². The molecule has 0 atom stereocenters. The van der Waals surface area contributed by atoms with E-state index in [9.17, 15) is 14.9 Å². The summed E-state index contributed by atoms with van der Waals surface area (Å²) in [5.74, 6) is -0.114. The molecule has 0 aliphatic carbocycles. The lowest BCUT2D eigenvalue weighted by molar-refractivity contribution is -0.118. The van der Waals surface area contributed by atoms with Crippen LogP contribution < -0.4 is 20.1 Å². The van der Waals surface area contributed by atoms with Gasteiger partial charge in [0, 0.05) is 11.4 Å². The lowest BCUT2D eigenvalue weighted by Crippen LogP contribution is -2.21. The summed E-state index contributed by atoms with van der Waals surface area (Å²) in [7, 11) is 0. The van der Waals surface area contributed by atoms with Gasteiger partial charge in [-0.05, 0) is 96.2 Å². The summed E-state index contributed by atoms with van der Waals surface area (Å²) >= 11 is 3.47. The van der Waals surface area contributed by atoms with Crippen LogP contribution in [0.5, 0.6) is 11.5 Å². The minimum absolute atomic E-state index is 0.0680. The Kier molecular flexibility index (Phi) is 9.47. The Hall–Kier alpha value is -4.09. The highest BCUT2D eigenvalue weighted by atomic mass is 79.9. The van der Waals surface area contributed by atoms with Gasteiger partial charge in [-0.3, -0.25) is 9.59 Å². The third-order valence-electron chi connectivity index (χ3n) is 5.63. The summed E-state index contributed by atoms with van der Waals surface area (Å²) in [5, 5.41) is 15.3. The van der Waals surface area contributed by atoms with Gasteiger partial charge >= 0.3 is 0 Å². The van der Waals surface area contributed by atoms with E-state index >= 15 is 0 Å². The molecule has 0 radical (unpaired) electrons. The Morgan fingerprint density at radius 3 is 2.38 bits per heavy atom. The van der Waals surface area contributed by atoms with Crippen molar-refractivity contribution in [3.05, 3.63) is 86.9 Å². The van der Waals surface area contributed by atoms with E-state index in [-0.39, 0.29) is 18.1 Å². The van der Waals surface area contributed by atoms with Gasteiger partial charge in [0.05, 0.1) is 11.1 Å². The summed E-state index contributed by atoms with van der Waals surface area (Å²) in [6.45, 7) is 7.71. The minimum atomic E-state index is -0.515. The molecule has 3 aromatic rings. The number of rotatable bonds is 9. The van der Waals surface area contributed by atoms with E-state index in [4.69, 9.17) is 9.47 Å². The summed E-state index contributed by atoms with van der Waals surface area (Å²) < 4.78 is 12.0. The van der Waals surface area contributed by atoms with E-state index in [1.165, 1.54) is 6.08 Å². The second-order valence-corrected chi connectivity index (χ2v) is 9.14. The number of nitrogens with one attached hydrogen (secondary N) is 2. The molecule has 2 amide bonds. The molecule has 7 nitrogen and oxygen atoms in total. The molecule has 3 rings (SSSR count). The van der Waals surface area contributed by atoms with Gasteiger partial charge in [-0.2, -0.15) is 5.26 Å². The predicted octanol–water partition coefficient (Wildman–Crippen LogP) is 6.34. The van der Waals surface area contributed by atoms with Crippen LogP contribution in [0, 0.1) is 32.1 Å². The number of nitrogens with zero attached hydrogens (tertiary/aromatic N) is 1. The van der Waals surface area contributed by atoms with Crippen LogP contribution in [0.2, 0.25) is 0 Å². The number of anilines is 2. The van der Waals surface area contributed by atoms with Gasteiger partial charge in [-0.1, -0.05) is 30.3 Å². The molecule has 0 aliphatic heterocycles. The molecule has 0 spiro atoms. The molecule has 0 heterocycles. The first-order valence-electron chi connectivity index (χ1n) is 11.7. The predicted molar refractivity (Wildman–Crippen MR) is 149 cm³/mol. The molecule has 0 aromatic heterocycles. The maximum atomic E-state index is 12.8. The molecule has 0 bridgehead atoms. The van der Waals surface area contributed by atoms with Crippen LogP contribution in [0.15, 0.2) is 64.6 Å². The van der Waals surface area contributed by atoms with Crippen molar-refractivity contribution in [2.24, 2.45) is 0 Å². The lowest BCUT2D eigenvalue weighted by Gasteiger charge is -2.15. The molecule has 8 heteroatoms. The van der Waals surface area contributed by atoms with Crippen molar-refractivity contribution in [2.75, 3.05) is 23.8 Å². The monoisotopic (exact) mass is 561 g/mol. The molecular weight excluding hydrogens is 534 g/mol. The summed E-state index contributed by atoms with van der Waals surface area (Å²) in [5.41, 5.74) is 4.76. The van der Waals surface area contributed by atoms with Crippen LogP contribution >= 0.6 is 15.9 Å². The molecular formula is C29H28BrN3O4. The highest BCUT2D eigenvalue weighted by Gasteiger charge is 2.16. The second-order valence-electron chi connectivity index (χ2n) is 8.29. The molecule has 0 fully saturated rings. The maximum absolute atomic E-state index is 12.8. The van der Waals surface area contributed by atoms with Gasteiger partial charge in [0.2, 0.25) is 0 Å². The lowest BCUT2D eigenvalue weighted by atomic mass is 10.1. The Morgan fingerprint density at radius 2 is 1.68 bits per heavy atom. The van der Waals surface area contributed by atoms with E-state index in [1.54, 1.807) is 18.2 Å². The van der Waals surface area contributed by atoms with Crippen LogP contribution in [0.3, 0.4) is 0 Å². The van der Waals surface area contributed by atoms with Crippen LogP contribution in [0.1, 0.15) is 29.2 Å². The van der Waals surface area contributed by atoms with Crippen molar-refractivity contribution in [3.8, 4) is 17.6 Å². The number of hydrogen-bond donors (Lipinski definition) is 2. The summed E-state index contributed by atoms with van der Waals surface area (Å²) in [6.07, 6.45) is 1.47. The van der Waals surface area contributed by atoms with Gasteiger partial charge < -0.3 is 20.1 Å². The third kappa shape index (κ3) is 7.21.